The number of nitrogens with one attached hydrogen (secondary N) is 1. The molecule has 0 saturated carbocycles. The zero-order valence-electron chi connectivity index (χ0n) is 17.0. The molecule has 3 aromatic rings. The molecular formula is C21H15F3N2O5S2. The topological polar surface area (TPSA) is 89.9 Å². The van der Waals surface area contributed by atoms with Crippen molar-refractivity contribution in [3.05, 3.63) is 57.9 Å². The van der Waals surface area contributed by atoms with Crippen LogP contribution in [0.4, 0.5) is 18.9 Å². The first kappa shape index (κ1) is 24.1. The van der Waals surface area contributed by atoms with Crippen LogP contribution in [0.3, 0.4) is 0 Å². The number of ether oxygens (including phenoxy) is 3. The molecule has 0 fully saturated rings. The number of alkyl halides is 3. The van der Waals surface area contributed by atoms with Crippen molar-refractivity contribution in [1.29, 1.82) is 0 Å². The summed E-state index contributed by atoms with van der Waals surface area (Å²) in [5.74, 6) is 4.72. The van der Waals surface area contributed by atoms with Crippen molar-refractivity contribution in [2.75, 3.05) is 18.9 Å². The Hall–Kier alpha value is -3.56. The molecule has 33 heavy (non-hydrogen) atoms. The van der Waals surface area contributed by atoms with Gasteiger partial charge in [0.05, 0.1) is 31.0 Å². The van der Waals surface area contributed by atoms with Gasteiger partial charge in [0.15, 0.2) is 5.01 Å². The van der Waals surface area contributed by atoms with Crippen LogP contribution in [0.5, 0.6) is 17.2 Å². The van der Waals surface area contributed by atoms with E-state index in [0.717, 1.165) is 24.1 Å². The van der Waals surface area contributed by atoms with Crippen molar-refractivity contribution < 1.29 is 37.3 Å². The van der Waals surface area contributed by atoms with E-state index in [1.807, 2.05) is 0 Å². The molecule has 0 aliphatic rings. The van der Waals surface area contributed by atoms with Crippen LogP contribution in [-0.4, -0.2) is 36.6 Å². The van der Waals surface area contributed by atoms with Gasteiger partial charge >= 0.3 is 12.3 Å². The molecule has 172 valence electrons. The van der Waals surface area contributed by atoms with Gasteiger partial charge in [0.25, 0.3) is 0 Å². The van der Waals surface area contributed by atoms with Gasteiger partial charge in [-0.05, 0) is 42.3 Å². The molecular weight excluding hydrogens is 481 g/mol. The zero-order chi connectivity index (χ0) is 24.0. The van der Waals surface area contributed by atoms with E-state index < -0.39 is 18.1 Å². The average molecular weight is 496 g/mol. The van der Waals surface area contributed by atoms with E-state index in [2.05, 4.69) is 26.3 Å². The van der Waals surface area contributed by atoms with Gasteiger partial charge in [-0.1, -0.05) is 5.92 Å². The number of hydrogen-bond acceptors (Lipinski definition) is 8. The van der Waals surface area contributed by atoms with E-state index in [0.29, 0.717) is 27.2 Å². The maximum atomic E-state index is 12.5. The second-order valence-electron chi connectivity index (χ2n) is 6.08. The number of aromatic nitrogens is 1. The van der Waals surface area contributed by atoms with Crippen molar-refractivity contribution in [1.82, 2.24) is 4.98 Å². The Balaban J connectivity index is 1.73. The van der Waals surface area contributed by atoms with E-state index >= 15 is 0 Å². The maximum absolute atomic E-state index is 12.5. The predicted octanol–water partition coefficient (Wildman–Crippen LogP) is 5.28. The van der Waals surface area contributed by atoms with Crippen LogP contribution in [0.25, 0.3) is 0 Å². The maximum Gasteiger partial charge on any atom is 0.573 e. The minimum atomic E-state index is -4.82. The van der Waals surface area contributed by atoms with Gasteiger partial charge in [0.1, 0.15) is 22.3 Å². The van der Waals surface area contributed by atoms with Gasteiger partial charge in [-0.25, -0.2) is 9.78 Å². The lowest BCUT2D eigenvalue weighted by molar-refractivity contribution is -0.274. The molecule has 0 aliphatic heterocycles. The normalized spacial score (nSPS) is 10.7. The van der Waals surface area contributed by atoms with Crippen LogP contribution in [0.15, 0.2) is 46.8 Å². The molecule has 7 nitrogen and oxygen atoms in total. The van der Waals surface area contributed by atoms with Crippen LogP contribution in [-0.2, 0) is 0 Å². The number of carboxylic acids is 1. The molecule has 0 unspecified atom stereocenters. The summed E-state index contributed by atoms with van der Waals surface area (Å²) in [6.07, 6.45) is -4.82. The fraction of sp³-hybridized carbons (Fsp3) is 0.143. The summed E-state index contributed by atoms with van der Waals surface area (Å²) in [5, 5.41) is 11.8. The number of aromatic carboxylic acids is 1. The highest BCUT2D eigenvalue weighted by Crippen LogP contribution is 2.31. The van der Waals surface area contributed by atoms with E-state index in [4.69, 9.17) is 14.6 Å². The minimum absolute atomic E-state index is 0.0914. The summed E-state index contributed by atoms with van der Waals surface area (Å²) in [5.41, 5.74) is 0.859. The summed E-state index contributed by atoms with van der Waals surface area (Å²) in [4.78, 5) is 15.4. The molecule has 0 amide bonds. The molecule has 3 rings (SSSR count). The summed E-state index contributed by atoms with van der Waals surface area (Å²) in [7, 11) is 2.81. The van der Waals surface area contributed by atoms with E-state index in [1.54, 1.807) is 11.4 Å². The monoisotopic (exact) mass is 496 g/mol. The average Bonchev–Trinajstić information content (AvgIpc) is 3.23. The molecule has 0 bridgehead atoms. The second kappa shape index (κ2) is 10.4. The van der Waals surface area contributed by atoms with Gasteiger partial charge in [-0.2, -0.15) is 0 Å². The number of halogens is 3. The van der Waals surface area contributed by atoms with Gasteiger partial charge in [-0.3, -0.25) is 0 Å². The van der Waals surface area contributed by atoms with Crippen LogP contribution < -0.4 is 18.9 Å². The van der Waals surface area contributed by atoms with Crippen LogP contribution in [0, 0.1) is 11.8 Å². The SMILES string of the molecule is COc1ccc(OC(F)(F)F)cc1C#Cc1nc(SNc2ccc(C(=O)O)cc2OC)cs1. The Kier molecular flexibility index (Phi) is 7.57. The minimum Gasteiger partial charge on any atom is -0.495 e. The molecule has 0 spiro atoms. The molecule has 2 aromatic carbocycles. The third-order valence-corrected chi connectivity index (χ3v) is 5.55. The molecule has 0 aliphatic carbocycles. The number of hydrogen-bond donors (Lipinski definition) is 2. The molecule has 1 aromatic heterocycles. The van der Waals surface area contributed by atoms with Crippen molar-refractivity contribution in [2.24, 2.45) is 0 Å². The number of carbonyl (C=O) groups is 1. The van der Waals surface area contributed by atoms with Gasteiger partial charge in [0, 0.05) is 17.3 Å². The molecule has 1 heterocycles. The Morgan fingerprint density at radius 3 is 2.55 bits per heavy atom. The van der Waals surface area contributed by atoms with Crippen LogP contribution >= 0.6 is 23.3 Å². The number of anilines is 1. The Morgan fingerprint density at radius 1 is 1.12 bits per heavy atom. The highest BCUT2D eigenvalue weighted by Gasteiger charge is 2.31. The van der Waals surface area contributed by atoms with Crippen LogP contribution in [0.2, 0.25) is 0 Å². The number of methoxy groups -OCH3 is 2. The fourth-order valence-corrected chi connectivity index (χ4v) is 3.92. The van der Waals surface area contributed by atoms with Crippen molar-refractivity contribution in [2.45, 2.75) is 11.4 Å². The van der Waals surface area contributed by atoms with Gasteiger partial charge < -0.3 is 24.0 Å². The number of thiazole rings is 1. The summed E-state index contributed by atoms with van der Waals surface area (Å²) in [6, 6.07) is 8.02. The fourth-order valence-electron chi connectivity index (χ4n) is 2.48. The zero-order valence-corrected chi connectivity index (χ0v) is 18.7. The van der Waals surface area contributed by atoms with Crippen molar-refractivity contribution >= 4 is 34.9 Å². The highest BCUT2D eigenvalue weighted by atomic mass is 32.2. The largest absolute Gasteiger partial charge is 0.573 e. The van der Waals surface area contributed by atoms with Crippen molar-refractivity contribution in [3.63, 3.8) is 0 Å². The quantitative estimate of drug-likeness (QED) is 0.338. The first-order valence-corrected chi connectivity index (χ1v) is 10.6. The molecule has 0 saturated heterocycles. The molecule has 12 heteroatoms. The highest BCUT2D eigenvalue weighted by molar-refractivity contribution is 8.00. The van der Waals surface area contributed by atoms with Gasteiger partial charge in [0.2, 0.25) is 0 Å². The number of carboxylic acid groups (broad SMARTS) is 1. The van der Waals surface area contributed by atoms with Gasteiger partial charge in [-0.15, -0.1) is 24.5 Å². The Morgan fingerprint density at radius 2 is 1.88 bits per heavy atom. The number of benzene rings is 2. The summed E-state index contributed by atoms with van der Waals surface area (Å²) >= 11 is 2.40. The molecule has 0 radical (unpaired) electrons. The second-order valence-corrected chi connectivity index (χ2v) is 7.76. The summed E-state index contributed by atoms with van der Waals surface area (Å²) in [6.45, 7) is 0. The predicted molar refractivity (Wildman–Crippen MR) is 117 cm³/mol. The number of rotatable bonds is 7. The first-order chi connectivity index (χ1) is 15.7. The standard InChI is InChI=1S/C21H15F3N2O5S2/c1-29-16-7-5-14(31-21(22,23)24)9-12(16)4-8-18-25-19(11-32-18)33-26-15-6-3-13(20(27)28)10-17(15)30-2/h3,5-7,9-11,26H,1-2H3,(H,27,28). The van der Waals surface area contributed by atoms with Crippen LogP contribution in [0.1, 0.15) is 20.9 Å². The molecule has 2 N–H and O–H groups in total. The molecule has 0 atom stereocenters. The smallest absolute Gasteiger partial charge is 0.495 e. The van der Waals surface area contributed by atoms with E-state index in [1.165, 1.54) is 43.8 Å². The van der Waals surface area contributed by atoms with E-state index in [9.17, 15) is 18.0 Å². The lowest BCUT2D eigenvalue weighted by Crippen LogP contribution is -2.17. The Labute approximate surface area is 194 Å². The lowest BCUT2D eigenvalue weighted by Gasteiger charge is -2.10. The first-order valence-electron chi connectivity index (χ1n) is 8.94. The third-order valence-electron chi connectivity index (χ3n) is 3.91. The third kappa shape index (κ3) is 6.71. The number of nitrogens with zero attached hydrogens (tertiary/aromatic N) is 1. The van der Waals surface area contributed by atoms with E-state index in [-0.39, 0.29) is 11.1 Å². The lowest BCUT2D eigenvalue weighted by atomic mass is 10.2. The summed E-state index contributed by atoms with van der Waals surface area (Å²) < 4.78 is 54.7. The van der Waals surface area contributed by atoms with Crippen molar-refractivity contribution in [3.8, 4) is 29.1 Å². The Bertz CT molecular complexity index is 1220.